The van der Waals surface area contributed by atoms with E-state index in [1.807, 2.05) is 19.1 Å². The average Bonchev–Trinajstić information content (AvgIpc) is 2.15. The van der Waals surface area contributed by atoms with E-state index in [0.29, 0.717) is 22.8 Å². The summed E-state index contributed by atoms with van der Waals surface area (Å²) < 4.78 is 0. The zero-order chi connectivity index (χ0) is 11.4. The van der Waals surface area contributed by atoms with Crippen LogP contribution in [0.5, 0.6) is 0 Å². The maximum absolute atomic E-state index is 9.83. The number of aryl methyl sites for hydroxylation is 1. The van der Waals surface area contributed by atoms with Crippen LogP contribution in [0.3, 0.4) is 0 Å². The third-order valence-electron chi connectivity index (χ3n) is 2.20. The Labute approximate surface area is 100 Å². The van der Waals surface area contributed by atoms with Gasteiger partial charge >= 0.3 is 0 Å². The van der Waals surface area contributed by atoms with Gasteiger partial charge in [-0.05, 0) is 42.4 Å². The molecule has 0 aliphatic rings. The summed E-state index contributed by atoms with van der Waals surface area (Å²) in [6, 6.07) is 5.29. The standard InChI is InChI=1S/C11H15ClO2S/c1-7-4-8(6-9(12)5-7)11(14)10(13)2-3-15/h4-6,10-11,13-15H,2-3H2,1H3. The first-order valence-corrected chi connectivity index (χ1v) is 5.79. The van der Waals surface area contributed by atoms with Gasteiger partial charge < -0.3 is 10.2 Å². The van der Waals surface area contributed by atoms with Crippen LogP contribution in [0.25, 0.3) is 0 Å². The lowest BCUT2D eigenvalue weighted by molar-refractivity contribution is 0.0172. The van der Waals surface area contributed by atoms with Crippen molar-refractivity contribution in [2.24, 2.45) is 0 Å². The number of hydrogen-bond donors (Lipinski definition) is 3. The number of thiol groups is 1. The molecule has 0 aliphatic carbocycles. The number of aliphatic hydroxyl groups is 2. The number of halogens is 1. The quantitative estimate of drug-likeness (QED) is 0.714. The first kappa shape index (κ1) is 12.8. The molecule has 2 nitrogen and oxygen atoms in total. The van der Waals surface area contributed by atoms with Crippen LogP contribution in [-0.2, 0) is 0 Å². The Morgan fingerprint density at radius 2 is 2.00 bits per heavy atom. The molecule has 15 heavy (non-hydrogen) atoms. The van der Waals surface area contributed by atoms with E-state index in [-0.39, 0.29) is 0 Å². The van der Waals surface area contributed by atoms with Crippen molar-refractivity contribution >= 4 is 24.2 Å². The van der Waals surface area contributed by atoms with E-state index >= 15 is 0 Å². The Morgan fingerprint density at radius 3 is 2.53 bits per heavy atom. The summed E-state index contributed by atoms with van der Waals surface area (Å²) in [5, 5.41) is 20.0. The molecule has 0 aliphatic heterocycles. The van der Waals surface area contributed by atoms with Gasteiger partial charge in [-0.15, -0.1) is 0 Å². The fourth-order valence-corrected chi connectivity index (χ4v) is 2.01. The number of aliphatic hydroxyl groups excluding tert-OH is 2. The molecule has 0 bridgehead atoms. The van der Waals surface area contributed by atoms with E-state index in [1.54, 1.807) is 6.07 Å². The van der Waals surface area contributed by atoms with Gasteiger partial charge in [-0.3, -0.25) is 0 Å². The zero-order valence-corrected chi connectivity index (χ0v) is 10.2. The molecule has 0 heterocycles. The Bertz CT molecular complexity index is 310. The summed E-state index contributed by atoms with van der Waals surface area (Å²) in [7, 11) is 0. The molecule has 2 N–H and O–H groups in total. The molecule has 1 aromatic rings. The van der Waals surface area contributed by atoms with Crippen LogP contribution in [-0.4, -0.2) is 22.1 Å². The van der Waals surface area contributed by atoms with Crippen molar-refractivity contribution in [1.29, 1.82) is 0 Å². The minimum Gasteiger partial charge on any atom is -0.390 e. The summed E-state index contributed by atoms with van der Waals surface area (Å²) in [5.41, 5.74) is 1.61. The van der Waals surface area contributed by atoms with Gasteiger partial charge in [0.1, 0.15) is 6.10 Å². The van der Waals surface area contributed by atoms with Gasteiger partial charge in [0.05, 0.1) is 6.10 Å². The molecule has 4 heteroatoms. The molecule has 2 unspecified atom stereocenters. The normalized spacial score (nSPS) is 15.0. The topological polar surface area (TPSA) is 40.5 Å². The molecule has 2 atom stereocenters. The van der Waals surface area contributed by atoms with E-state index in [0.717, 1.165) is 5.56 Å². The highest BCUT2D eigenvalue weighted by Crippen LogP contribution is 2.23. The van der Waals surface area contributed by atoms with Crippen LogP contribution in [0.2, 0.25) is 5.02 Å². The predicted molar refractivity (Wildman–Crippen MR) is 65.6 cm³/mol. The van der Waals surface area contributed by atoms with Gasteiger partial charge in [0, 0.05) is 5.02 Å². The molecule has 0 saturated heterocycles. The Hall–Kier alpha value is -0.220. The van der Waals surface area contributed by atoms with Crippen LogP contribution in [0.4, 0.5) is 0 Å². The third-order valence-corrected chi connectivity index (χ3v) is 2.67. The van der Waals surface area contributed by atoms with Gasteiger partial charge in [-0.1, -0.05) is 17.7 Å². The fourth-order valence-electron chi connectivity index (χ4n) is 1.45. The highest BCUT2D eigenvalue weighted by molar-refractivity contribution is 7.80. The molecule has 0 radical (unpaired) electrons. The van der Waals surface area contributed by atoms with Crippen LogP contribution >= 0.6 is 24.2 Å². The van der Waals surface area contributed by atoms with Crippen LogP contribution in [0.15, 0.2) is 18.2 Å². The predicted octanol–water partition coefficient (Wildman–Crippen LogP) is 2.36. The smallest absolute Gasteiger partial charge is 0.105 e. The highest BCUT2D eigenvalue weighted by Gasteiger charge is 2.17. The lowest BCUT2D eigenvalue weighted by atomic mass is 10.0. The summed E-state index contributed by atoms with van der Waals surface area (Å²) in [6.45, 7) is 1.90. The zero-order valence-electron chi connectivity index (χ0n) is 8.52. The second-order valence-corrected chi connectivity index (χ2v) is 4.47. The molecule has 1 aromatic carbocycles. The maximum Gasteiger partial charge on any atom is 0.105 e. The van der Waals surface area contributed by atoms with Crippen molar-refractivity contribution in [3.8, 4) is 0 Å². The summed E-state index contributed by atoms with van der Waals surface area (Å²) in [6.07, 6.45) is -1.23. The van der Waals surface area contributed by atoms with Crippen molar-refractivity contribution < 1.29 is 10.2 Å². The van der Waals surface area contributed by atoms with E-state index in [1.165, 1.54) is 0 Å². The molecule has 0 fully saturated rings. The molecular formula is C11H15ClO2S. The largest absolute Gasteiger partial charge is 0.390 e. The van der Waals surface area contributed by atoms with Gasteiger partial charge in [0.2, 0.25) is 0 Å². The molecule has 0 saturated carbocycles. The molecule has 0 amide bonds. The lowest BCUT2D eigenvalue weighted by Crippen LogP contribution is -2.18. The van der Waals surface area contributed by atoms with Crippen molar-refractivity contribution in [1.82, 2.24) is 0 Å². The van der Waals surface area contributed by atoms with Gasteiger partial charge in [0.15, 0.2) is 0 Å². The van der Waals surface area contributed by atoms with Gasteiger partial charge in [0.25, 0.3) is 0 Å². The third kappa shape index (κ3) is 3.68. The summed E-state index contributed by atoms with van der Waals surface area (Å²) in [5.74, 6) is 0.539. The van der Waals surface area contributed by atoms with Gasteiger partial charge in [-0.25, -0.2) is 0 Å². The van der Waals surface area contributed by atoms with Crippen LogP contribution < -0.4 is 0 Å². The van der Waals surface area contributed by atoms with Gasteiger partial charge in [-0.2, -0.15) is 12.6 Å². The summed E-state index contributed by atoms with van der Waals surface area (Å²) in [4.78, 5) is 0. The molecule has 1 rings (SSSR count). The second-order valence-electron chi connectivity index (χ2n) is 3.59. The van der Waals surface area contributed by atoms with Crippen molar-refractivity contribution in [3.05, 3.63) is 34.3 Å². The minimum absolute atomic E-state index is 0.454. The second kappa shape index (κ2) is 5.75. The molecular weight excluding hydrogens is 232 g/mol. The monoisotopic (exact) mass is 246 g/mol. The highest BCUT2D eigenvalue weighted by atomic mass is 35.5. The lowest BCUT2D eigenvalue weighted by Gasteiger charge is -2.18. The van der Waals surface area contributed by atoms with E-state index in [2.05, 4.69) is 12.6 Å². The fraction of sp³-hybridized carbons (Fsp3) is 0.455. The molecule has 0 spiro atoms. The first-order valence-electron chi connectivity index (χ1n) is 4.78. The van der Waals surface area contributed by atoms with Crippen molar-refractivity contribution in [2.75, 3.05) is 5.75 Å². The van der Waals surface area contributed by atoms with Crippen LogP contribution in [0.1, 0.15) is 23.7 Å². The average molecular weight is 247 g/mol. The van der Waals surface area contributed by atoms with E-state index in [9.17, 15) is 10.2 Å². The SMILES string of the molecule is Cc1cc(Cl)cc(C(O)C(O)CCS)c1. The van der Waals surface area contributed by atoms with Crippen LogP contribution in [0, 0.1) is 6.92 Å². The summed E-state index contributed by atoms with van der Waals surface area (Å²) >= 11 is 9.88. The molecule has 0 aromatic heterocycles. The number of benzene rings is 1. The van der Waals surface area contributed by atoms with E-state index in [4.69, 9.17) is 11.6 Å². The number of rotatable bonds is 4. The minimum atomic E-state index is -0.894. The van der Waals surface area contributed by atoms with Crippen molar-refractivity contribution in [3.63, 3.8) is 0 Å². The van der Waals surface area contributed by atoms with E-state index < -0.39 is 12.2 Å². The molecule has 84 valence electrons. The van der Waals surface area contributed by atoms with Crippen molar-refractivity contribution in [2.45, 2.75) is 25.6 Å². The first-order chi connectivity index (χ1) is 7.04. The Balaban J connectivity index is 2.85. The Kier molecular flexibility index (Phi) is 4.93. The number of hydrogen-bond acceptors (Lipinski definition) is 3. The Morgan fingerprint density at radius 1 is 1.33 bits per heavy atom. The maximum atomic E-state index is 9.83.